The summed E-state index contributed by atoms with van der Waals surface area (Å²) < 4.78 is 32.4. The summed E-state index contributed by atoms with van der Waals surface area (Å²) in [5.41, 5.74) is 0.379. The van der Waals surface area contributed by atoms with Crippen molar-refractivity contribution in [1.82, 2.24) is 4.90 Å². The molecule has 0 saturated carbocycles. The molecule has 146 valence electrons. The van der Waals surface area contributed by atoms with E-state index in [0.717, 1.165) is 23.9 Å². The van der Waals surface area contributed by atoms with E-state index >= 15 is 0 Å². The van der Waals surface area contributed by atoms with Crippen LogP contribution in [0.2, 0.25) is 0 Å². The number of furan rings is 1. The van der Waals surface area contributed by atoms with E-state index in [1.165, 1.54) is 11.0 Å². The summed E-state index contributed by atoms with van der Waals surface area (Å²) in [4.78, 5) is 24.9. The van der Waals surface area contributed by atoms with Crippen LogP contribution in [0.15, 0.2) is 39.7 Å². The molecule has 3 rings (SSSR count). The number of unbranched alkanes of at least 4 members (excludes halogenated alkanes) is 1. The van der Waals surface area contributed by atoms with Crippen molar-refractivity contribution in [1.29, 1.82) is 0 Å². The van der Waals surface area contributed by atoms with Crippen LogP contribution < -0.4 is 0 Å². The molecule has 28 heavy (non-hydrogen) atoms. The molecule has 2 aromatic rings. The number of hydrogen-bond acceptors (Lipinski definition) is 5. The molecule has 0 unspecified atom stereocenters. The van der Waals surface area contributed by atoms with E-state index in [9.17, 15) is 18.4 Å². The van der Waals surface area contributed by atoms with Gasteiger partial charge in [-0.2, -0.15) is 0 Å². The van der Waals surface area contributed by atoms with Crippen LogP contribution in [0.1, 0.15) is 25.0 Å². The zero-order valence-electron chi connectivity index (χ0n) is 14.5. The van der Waals surface area contributed by atoms with Gasteiger partial charge in [-0.05, 0) is 43.2 Å². The van der Waals surface area contributed by atoms with Crippen molar-refractivity contribution in [2.75, 3.05) is 6.54 Å². The van der Waals surface area contributed by atoms with Crippen LogP contribution in [-0.4, -0.2) is 32.7 Å². The molecule has 5 nitrogen and oxygen atoms in total. The van der Waals surface area contributed by atoms with E-state index in [2.05, 4.69) is 0 Å². The highest BCUT2D eigenvalue weighted by molar-refractivity contribution is 8.26. The highest BCUT2D eigenvalue weighted by atomic mass is 32.2. The first-order valence-corrected chi connectivity index (χ1v) is 9.60. The molecule has 1 aromatic heterocycles. The Labute approximate surface area is 169 Å². The number of amides is 1. The lowest BCUT2D eigenvalue weighted by molar-refractivity contribution is -0.137. The molecule has 9 heteroatoms. The first-order chi connectivity index (χ1) is 13.3. The molecule has 0 spiro atoms. The van der Waals surface area contributed by atoms with E-state index in [1.807, 2.05) is 0 Å². The average molecular weight is 423 g/mol. The van der Waals surface area contributed by atoms with Gasteiger partial charge < -0.3 is 9.52 Å². The Morgan fingerprint density at radius 3 is 2.71 bits per heavy atom. The summed E-state index contributed by atoms with van der Waals surface area (Å²) in [6, 6.07) is 6.68. The molecule has 0 aliphatic carbocycles. The van der Waals surface area contributed by atoms with Gasteiger partial charge in [0.05, 0.1) is 4.91 Å². The number of carboxylic acids is 1. The molecule has 1 aromatic carbocycles. The van der Waals surface area contributed by atoms with E-state index in [1.54, 1.807) is 18.2 Å². The Morgan fingerprint density at radius 2 is 2.00 bits per heavy atom. The number of thioether (sulfide) groups is 1. The molecule has 0 atom stereocenters. The molecule has 0 bridgehead atoms. The molecule has 1 saturated heterocycles. The summed E-state index contributed by atoms with van der Waals surface area (Å²) in [5, 5.41) is 8.66. The lowest BCUT2D eigenvalue weighted by atomic mass is 10.1. The maximum absolute atomic E-state index is 13.4. The van der Waals surface area contributed by atoms with Gasteiger partial charge in [0.15, 0.2) is 11.6 Å². The number of carbonyl (C=O) groups is 2. The highest BCUT2D eigenvalue weighted by Crippen LogP contribution is 2.34. The molecule has 2 heterocycles. The third-order valence-electron chi connectivity index (χ3n) is 4.00. The fourth-order valence-corrected chi connectivity index (χ4v) is 3.89. The van der Waals surface area contributed by atoms with Crippen LogP contribution in [-0.2, 0) is 9.59 Å². The minimum absolute atomic E-state index is 0.0454. The second-order valence-electron chi connectivity index (χ2n) is 6.02. The van der Waals surface area contributed by atoms with Gasteiger partial charge >= 0.3 is 5.97 Å². The van der Waals surface area contributed by atoms with Crippen molar-refractivity contribution in [2.24, 2.45) is 0 Å². The third kappa shape index (κ3) is 4.66. The number of rotatable bonds is 7. The molecular weight excluding hydrogens is 408 g/mol. The normalized spacial score (nSPS) is 15.6. The Morgan fingerprint density at radius 1 is 1.21 bits per heavy atom. The molecule has 1 aliphatic heterocycles. The van der Waals surface area contributed by atoms with Gasteiger partial charge in [-0.3, -0.25) is 14.5 Å². The number of aliphatic carboxylic acids is 1. The van der Waals surface area contributed by atoms with Crippen molar-refractivity contribution in [2.45, 2.75) is 19.3 Å². The zero-order valence-corrected chi connectivity index (χ0v) is 16.1. The quantitative estimate of drug-likeness (QED) is 0.396. The number of hydrogen-bond donors (Lipinski definition) is 1. The van der Waals surface area contributed by atoms with Crippen LogP contribution >= 0.6 is 24.0 Å². The fraction of sp³-hybridized carbons (Fsp3) is 0.211. The van der Waals surface area contributed by atoms with E-state index in [4.69, 9.17) is 21.7 Å². The average Bonchev–Trinajstić information content (AvgIpc) is 3.20. The van der Waals surface area contributed by atoms with Gasteiger partial charge in [0.25, 0.3) is 5.91 Å². The summed E-state index contributed by atoms with van der Waals surface area (Å²) >= 11 is 6.36. The predicted molar refractivity (Wildman–Crippen MR) is 105 cm³/mol. The van der Waals surface area contributed by atoms with Crippen molar-refractivity contribution < 1.29 is 27.9 Å². The predicted octanol–water partition coefficient (Wildman–Crippen LogP) is 4.68. The molecule has 1 fully saturated rings. The topological polar surface area (TPSA) is 70.8 Å². The highest BCUT2D eigenvalue weighted by Gasteiger charge is 2.31. The van der Waals surface area contributed by atoms with Crippen molar-refractivity contribution in [3.63, 3.8) is 0 Å². The lowest BCUT2D eigenvalue weighted by Gasteiger charge is -2.13. The van der Waals surface area contributed by atoms with E-state index < -0.39 is 17.6 Å². The van der Waals surface area contributed by atoms with Crippen molar-refractivity contribution >= 4 is 46.3 Å². The van der Waals surface area contributed by atoms with Crippen LogP contribution in [0.25, 0.3) is 17.4 Å². The number of carbonyl (C=O) groups excluding carboxylic acids is 1. The number of benzene rings is 1. The Bertz CT molecular complexity index is 971. The number of nitrogens with zero attached hydrogens (tertiary/aromatic N) is 1. The summed E-state index contributed by atoms with van der Waals surface area (Å²) in [5.74, 6) is -2.33. The zero-order chi connectivity index (χ0) is 20.3. The molecule has 0 radical (unpaired) electrons. The molecule has 1 aliphatic rings. The van der Waals surface area contributed by atoms with Gasteiger partial charge in [0, 0.05) is 24.6 Å². The van der Waals surface area contributed by atoms with Crippen LogP contribution in [0.4, 0.5) is 8.78 Å². The SMILES string of the molecule is O=C(O)CCCCN1C(=O)/C(=C/c2ccc(-c3ccc(F)c(F)c3)o2)SC1=S. The van der Waals surface area contributed by atoms with Crippen LogP contribution in [0.3, 0.4) is 0 Å². The second-order valence-corrected chi connectivity index (χ2v) is 7.69. The largest absolute Gasteiger partial charge is 0.481 e. The van der Waals surface area contributed by atoms with Crippen molar-refractivity contribution in [3.8, 4) is 11.3 Å². The monoisotopic (exact) mass is 423 g/mol. The van der Waals surface area contributed by atoms with Gasteiger partial charge in [-0.25, -0.2) is 8.78 Å². The van der Waals surface area contributed by atoms with Gasteiger partial charge in [0.2, 0.25) is 0 Å². The minimum atomic E-state index is -0.973. The lowest BCUT2D eigenvalue weighted by Crippen LogP contribution is -2.29. The molecular formula is C19H15F2NO4S2. The smallest absolute Gasteiger partial charge is 0.303 e. The van der Waals surface area contributed by atoms with Gasteiger partial charge in [-0.15, -0.1) is 0 Å². The second kappa shape index (κ2) is 8.66. The first-order valence-electron chi connectivity index (χ1n) is 8.37. The fourth-order valence-electron chi connectivity index (χ4n) is 2.60. The van der Waals surface area contributed by atoms with Crippen LogP contribution in [0, 0.1) is 11.6 Å². The van der Waals surface area contributed by atoms with Crippen molar-refractivity contribution in [3.05, 3.63) is 52.6 Å². The van der Waals surface area contributed by atoms with Gasteiger partial charge in [-0.1, -0.05) is 24.0 Å². The summed E-state index contributed by atoms with van der Waals surface area (Å²) in [6.07, 6.45) is 2.58. The van der Waals surface area contributed by atoms with Crippen LogP contribution in [0.5, 0.6) is 0 Å². The first kappa shape index (κ1) is 20.2. The summed E-state index contributed by atoms with van der Waals surface area (Å²) in [6.45, 7) is 0.355. The minimum Gasteiger partial charge on any atom is -0.481 e. The number of carboxylic acid groups (broad SMARTS) is 1. The van der Waals surface area contributed by atoms with E-state index in [-0.39, 0.29) is 12.3 Å². The molecule has 1 N–H and O–H groups in total. The van der Waals surface area contributed by atoms with Gasteiger partial charge in [0.1, 0.15) is 15.8 Å². The molecule has 1 amide bonds. The maximum Gasteiger partial charge on any atom is 0.303 e. The third-order valence-corrected chi connectivity index (χ3v) is 5.38. The number of halogens is 2. The Balaban J connectivity index is 1.69. The van der Waals surface area contributed by atoms with E-state index in [0.29, 0.717) is 45.7 Å². The summed E-state index contributed by atoms with van der Waals surface area (Å²) in [7, 11) is 0. The standard InChI is InChI=1S/C19H15F2NO4S2/c20-13-6-4-11(9-14(13)21)15-7-5-12(26-15)10-16-18(25)22(19(27)28-16)8-2-1-3-17(23)24/h4-7,9-10H,1-3,8H2,(H,23,24)/b16-10-. The maximum atomic E-state index is 13.4. The Kier molecular flexibility index (Phi) is 6.25. The number of thiocarbonyl (C=S) groups is 1. The Hall–Kier alpha value is -2.52.